The SMILES string of the molecule is Cc1occc1C(=O)NNC(=O)CCc1nc2ccccc2[nH]1. The second-order valence-electron chi connectivity index (χ2n) is 5.09. The van der Waals surface area contributed by atoms with Crippen molar-refractivity contribution in [3.63, 3.8) is 0 Å². The predicted octanol–water partition coefficient (Wildman–Crippen LogP) is 1.86. The molecule has 2 heterocycles. The van der Waals surface area contributed by atoms with Crippen LogP contribution in [0.1, 0.15) is 28.4 Å². The summed E-state index contributed by atoms with van der Waals surface area (Å²) in [4.78, 5) is 31.2. The van der Waals surface area contributed by atoms with Crippen LogP contribution in [0.2, 0.25) is 0 Å². The maximum Gasteiger partial charge on any atom is 0.273 e. The number of carbonyl (C=O) groups excluding carboxylic acids is 2. The number of furan rings is 1. The lowest BCUT2D eigenvalue weighted by Gasteiger charge is -2.06. The van der Waals surface area contributed by atoms with Gasteiger partial charge in [-0.05, 0) is 25.1 Å². The van der Waals surface area contributed by atoms with Crippen LogP contribution < -0.4 is 10.9 Å². The zero-order valence-corrected chi connectivity index (χ0v) is 12.6. The van der Waals surface area contributed by atoms with Crippen molar-refractivity contribution < 1.29 is 14.0 Å². The molecule has 0 aliphatic carbocycles. The summed E-state index contributed by atoms with van der Waals surface area (Å²) in [5, 5.41) is 0. The molecule has 0 aliphatic rings. The third kappa shape index (κ3) is 3.39. The van der Waals surface area contributed by atoms with Crippen molar-refractivity contribution in [3.8, 4) is 0 Å². The van der Waals surface area contributed by atoms with Crippen molar-refractivity contribution in [2.75, 3.05) is 0 Å². The van der Waals surface area contributed by atoms with Gasteiger partial charge in [0, 0.05) is 12.8 Å². The molecule has 23 heavy (non-hydrogen) atoms. The maximum absolute atomic E-state index is 11.8. The van der Waals surface area contributed by atoms with Crippen molar-refractivity contribution in [1.29, 1.82) is 0 Å². The summed E-state index contributed by atoms with van der Waals surface area (Å²) in [5.41, 5.74) is 6.93. The molecule has 2 amide bonds. The van der Waals surface area contributed by atoms with Crippen molar-refractivity contribution in [2.24, 2.45) is 0 Å². The lowest BCUT2D eigenvalue weighted by molar-refractivity contribution is -0.121. The first-order chi connectivity index (χ1) is 11.1. The normalized spacial score (nSPS) is 10.7. The molecule has 118 valence electrons. The molecule has 3 rings (SSSR count). The molecule has 0 radical (unpaired) electrons. The largest absolute Gasteiger partial charge is 0.469 e. The van der Waals surface area contributed by atoms with Crippen LogP contribution in [0.4, 0.5) is 0 Å². The Kier molecular flexibility index (Phi) is 4.09. The summed E-state index contributed by atoms with van der Waals surface area (Å²) in [6.45, 7) is 1.68. The fourth-order valence-corrected chi connectivity index (χ4v) is 2.23. The van der Waals surface area contributed by atoms with E-state index in [0.29, 0.717) is 17.7 Å². The number of aryl methyl sites for hydroxylation is 2. The summed E-state index contributed by atoms with van der Waals surface area (Å²) in [5.74, 6) is 0.533. The standard InChI is InChI=1S/C16H16N4O3/c1-10-11(8-9-23-10)16(22)20-19-15(21)7-6-14-17-12-4-2-3-5-13(12)18-14/h2-5,8-9H,6-7H2,1H3,(H,17,18)(H,19,21)(H,20,22). The Balaban J connectivity index is 1.50. The molecule has 1 aromatic carbocycles. The molecule has 0 saturated carbocycles. The topological polar surface area (TPSA) is 100 Å². The maximum atomic E-state index is 11.8. The summed E-state index contributed by atoms with van der Waals surface area (Å²) >= 11 is 0. The first kappa shape index (κ1) is 14.8. The van der Waals surface area contributed by atoms with Gasteiger partial charge in [-0.2, -0.15) is 0 Å². The van der Waals surface area contributed by atoms with Gasteiger partial charge >= 0.3 is 0 Å². The number of hydrogen-bond donors (Lipinski definition) is 3. The van der Waals surface area contributed by atoms with E-state index in [0.717, 1.165) is 16.9 Å². The minimum absolute atomic E-state index is 0.213. The molecule has 7 heteroatoms. The number of benzene rings is 1. The minimum atomic E-state index is -0.409. The monoisotopic (exact) mass is 312 g/mol. The average molecular weight is 312 g/mol. The Hall–Kier alpha value is -3.09. The van der Waals surface area contributed by atoms with Crippen molar-refractivity contribution in [2.45, 2.75) is 19.8 Å². The van der Waals surface area contributed by atoms with Crippen LogP contribution in [0, 0.1) is 6.92 Å². The first-order valence-corrected chi connectivity index (χ1v) is 7.20. The molecule has 0 spiro atoms. The molecular weight excluding hydrogens is 296 g/mol. The molecular formula is C16H16N4O3. The van der Waals surface area contributed by atoms with Crippen molar-refractivity contribution >= 4 is 22.8 Å². The van der Waals surface area contributed by atoms with E-state index < -0.39 is 5.91 Å². The Morgan fingerprint density at radius 2 is 2.04 bits per heavy atom. The minimum Gasteiger partial charge on any atom is -0.469 e. The molecule has 7 nitrogen and oxygen atoms in total. The predicted molar refractivity (Wildman–Crippen MR) is 83.5 cm³/mol. The molecule has 2 aromatic heterocycles. The van der Waals surface area contributed by atoms with Gasteiger partial charge in [0.1, 0.15) is 11.6 Å². The zero-order valence-electron chi connectivity index (χ0n) is 12.6. The Morgan fingerprint density at radius 3 is 2.78 bits per heavy atom. The van der Waals surface area contributed by atoms with Gasteiger partial charge in [-0.15, -0.1) is 0 Å². The smallest absolute Gasteiger partial charge is 0.273 e. The van der Waals surface area contributed by atoms with Crippen LogP contribution in [-0.2, 0) is 11.2 Å². The molecule has 3 aromatic rings. The Morgan fingerprint density at radius 1 is 1.22 bits per heavy atom. The highest BCUT2D eigenvalue weighted by Gasteiger charge is 2.12. The van der Waals surface area contributed by atoms with E-state index in [1.165, 1.54) is 6.26 Å². The number of imidazole rings is 1. The molecule has 3 N–H and O–H groups in total. The lowest BCUT2D eigenvalue weighted by Crippen LogP contribution is -2.41. The first-order valence-electron chi connectivity index (χ1n) is 7.20. The summed E-state index contributed by atoms with van der Waals surface area (Å²) in [6.07, 6.45) is 2.10. The van der Waals surface area contributed by atoms with Crippen molar-refractivity contribution in [1.82, 2.24) is 20.8 Å². The van der Waals surface area contributed by atoms with Crippen molar-refractivity contribution in [3.05, 3.63) is 53.7 Å². The number of hydrogen-bond acceptors (Lipinski definition) is 4. The number of hydrazine groups is 1. The van der Waals surface area contributed by atoms with E-state index in [-0.39, 0.29) is 12.3 Å². The van der Waals surface area contributed by atoms with Gasteiger partial charge < -0.3 is 9.40 Å². The number of fused-ring (bicyclic) bond motifs is 1. The Labute approximate surface area is 132 Å². The number of rotatable bonds is 4. The van der Waals surface area contributed by atoms with Gasteiger partial charge in [0.25, 0.3) is 5.91 Å². The number of amides is 2. The van der Waals surface area contributed by atoms with E-state index >= 15 is 0 Å². The number of para-hydroxylation sites is 2. The third-order valence-corrected chi connectivity index (χ3v) is 3.45. The van der Waals surface area contributed by atoms with Crippen LogP contribution in [-0.4, -0.2) is 21.8 Å². The molecule has 0 unspecified atom stereocenters. The van der Waals surface area contributed by atoms with E-state index in [4.69, 9.17) is 4.42 Å². The number of aromatic amines is 1. The number of carbonyl (C=O) groups is 2. The average Bonchev–Trinajstić information content (AvgIpc) is 3.16. The van der Waals surface area contributed by atoms with Gasteiger partial charge in [-0.1, -0.05) is 12.1 Å². The number of nitrogens with one attached hydrogen (secondary N) is 3. The fourth-order valence-electron chi connectivity index (χ4n) is 2.23. The van der Waals surface area contributed by atoms with E-state index in [1.807, 2.05) is 24.3 Å². The molecule has 0 aliphatic heterocycles. The van der Waals surface area contributed by atoms with E-state index in [2.05, 4.69) is 20.8 Å². The third-order valence-electron chi connectivity index (χ3n) is 3.45. The highest BCUT2D eigenvalue weighted by Crippen LogP contribution is 2.11. The van der Waals surface area contributed by atoms with Crippen LogP contribution >= 0.6 is 0 Å². The number of H-pyrrole nitrogens is 1. The second kappa shape index (κ2) is 6.35. The summed E-state index contributed by atoms with van der Waals surface area (Å²) in [7, 11) is 0. The van der Waals surface area contributed by atoms with Crippen LogP contribution in [0.3, 0.4) is 0 Å². The lowest BCUT2D eigenvalue weighted by atomic mass is 10.2. The van der Waals surface area contributed by atoms with Gasteiger partial charge in [-0.3, -0.25) is 20.4 Å². The fraction of sp³-hybridized carbons (Fsp3) is 0.188. The highest BCUT2D eigenvalue weighted by atomic mass is 16.3. The molecule has 0 fully saturated rings. The second-order valence-corrected chi connectivity index (χ2v) is 5.09. The van der Waals surface area contributed by atoms with Crippen LogP contribution in [0.25, 0.3) is 11.0 Å². The Bertz CT molecular complexity index is 817. The molecule has 0 bridgehead atoms. The number of aromatic nitrogens is 2. The molecule has 0 atom stereocenters. The molecule has 0 saturated heterocycles. The van der Waals surface area contributed by atoms with Gasteiger partial charge in [0.05, 0.1) is 22.9 Å². The van der Waals surface area contributed by atoms with Gasteiger partial charge in [0.2, 0.25) is 5.91 Å². The van der Waals surface area contributed by atoms with Gasteiger partial charge in [-0.25, -0.2) is 4.98 Å². The number of nitrogens with zero attached hydrogens (tertiary/aromatic N) is 1. The quantitative estimate of drug-likeness (QED) is 0.640. The van der Waals surface area contributed by atoms with Crippen LogP contribution in [0.15, 0.2) is 41.0 Å². The zero-order chi connectivity index (χ0) is 16.2. The van der Waals surface area contributed by atoms with Gasteiger partial charge in [0.15, 0.2) is 0 Å². The summed E-state index contributed by atoms with van der Waals surface area (Å²) in [6, 6.07) is 9.21. The van der Waals surface area contributed by atoms with Crippen LogP contribution in [0.5, 0.6) is 0 Å². The van der Waals surface area contributed by atoms with E-state index in [9.17, 15) is 9.59 Å². The van der Waals surface area contributed by atoms with E-state index in [1.54, 1.807) is 13.0 Å². The highest BCUT2D eigenvalue weighted by molar-refractivity contribution is 5.96. The summed E-state index contributed by atoms with van der Waals surface area (Å²) < 4.78 is 5.04.